The Bertz CT molecular complexity index is 886. The van der Waals surface area contributed by atoms with Crippen LogP contribution in [0.2, 0.25) is 5.02 Å². The molecule has 3 N–H and O–H groups in total. The van der Waals surface area contributed by atoms with E-state index in [9.17, 15) is 0 Å². The molecule has 7 nitrogen and oxygen atoms in total. The number of hydrogen-bond donors (Lipinski definition) is 2. The predicted octanol–water partition coefficient (Wildman–Crippen LogP) is 1.51. The molecule has 0 aliphatic carbocycles. The first-order valence-electron chi connectivity index (χ1n) is 8.41. The highest BCUT2D eigenvalue weighted by Gasteiger charge is 2.16. The van der Waals surface area contributed by atoms with Crippen LogP contribution in [0.4, 0.5) is 5.82 Å². The van der Waals surface area contributed by atoms with Gasteiger partial charge in [-0.05, 0) is 18.2 Å². The Kier molecular flexibility index (Phi) is 4.52. The minimum atomic E-state index is 0.537. The summed E-state index contributed by atoms with van der Waals surface area (Å²) in [6.45, 7) is 4.93. The van der Waals surface area contributed by atoms with E-state index in [0.717, 1.165) is 54.2 Å². The number of hydrogen-bond acceptors (Lipinski definition) is 6. The zero-order valence-electron chi connectivity index (χ0n) is 13.8. The Hall–Kier alpha value is -2.22. The van der Waals surface area contributed by atoms with Crippen molar-refractivity contribution in [1.29, 1.82) is 0 Å². The molecule has 0 spiro atoms. The molecule has 25 heavy (non-hydrogen) atoms. The molecule has 0 saturated carbocycles. The Labute approximate surface area is 150 Å². The van der Waals surface area contributed by atoms with E-state index in [2.05, 4.69) is 20.5 Å². The van der Waals surface area contributed by atoms with Crippen molar-refractivity contribution in [3.63, 3.8) is 0 Å². The minimum Gasteiger partial charge on any atom is -0.353 e. The summed E-state index contributed by atoms with van der Waals surface area (Å²) < 4.78 is 1.75. The first-order chi connectivity index (χ1) is 12.2. The molecule has 0 radical (unpaired) electrons. The van der Waals surface area contributed by atoms with Gasteiger partial charge in [0.05, 0.1) is 23.3 Å². The van der Waals surface area contributed by atoms with Crippen LogP contribution in [0.1, 0.15) is 0 Å². The predicted molar refractivity (Wildman–Crippen MR) is 99.9 cm³/mol. The van der Waals surface area contributed by atoms with Crippen LogP contribution >= 0.6 is 11.6 Å². The first kappa shape index (κ1) is 16.3. The summed E-state index contributed by atoms with van der Waals surface area (Å²) in [5.41, 5.74) is 8.29. The topological polar surface area (TPSA) is 84.9 Å². The standard InChI is InChI=1S/C17H20ClN7/c18-14-10-13-9-12(16-11-25(6-3-19)23-22-16)1-2-15(13)21-17(14)24-7-4-20-5-8-24/h1-2,9-11,20H,3-8,19H2. The largest absolute Gasteiger partial charge is 0.353 e. The van der Waals surface area contributed by atoms with E-state index < -0.39 is 0 Å². The summed E-state index contributed by atoms with van der Waals surface area (Å²) >= 11 is 6.51. The van der Waals surface area contributed by atoms with Crippen LogP contribution in [0, 0.1) is 0 Å². The number of benzene rings is 1. The molecule has 8 heteroatoms. The second-order valence-electron chi connectivity index (χ2n) is 6.09. The van der Waals surface area contributed by atoms with Crippen LogP contribution in [0.15, 0.2) is 30.5 Å². The molecule has 3 aromatic rings. The monoisotopic (exact) mass is 357 g/mol. The van der Waals surface area contributed by atoms with E-state index in [1.54, 1.807) is 4.68 Å². The van der Waals surface area contributed by atoms with Crippen LogP contribution in [0.3, 0.4) is 0 Å². The Balaban J connectivity index is 1.68. The molecular weight excluding hydrogens is 338 g/mol. The van der Waals surface area contributed by atoms with Gasteiger partial charge in [-0.25, -0.2) is 4.98 Å². The Morgan fingerprint density at radius 3 is 2.84 bits per heavy atom. The Morgan fingerprint density at radius 1 is 1.20 bits per heavy atom. The molecule has 1 aliphatic heterocycles. The first-order valence-corrected chi connectivity index (χ1v) is 8.79. The summed E-state index contributed by atoms with van der Waals surface area (Å²) in [5.74, 6) is 0.859. The molecule has 2 aromatic heterocycles. The number of anilines is 1. The van der Waals surface area contributed by atoms with Crippen LogP contribution in [0.5, 0.6) is 0 Å². The average molecular weight is 358 g/mol. The SMILES string of the molecule is NCCn1cc(-c2ccc3nc(N4CCNCC4)c(Cl)cc3c2)nn1. The van der Waals surface area contributed by atoms with Crippen molar-refractivity contribution in [3.05, 3.63) is 35.5 Å². The molecule has 1 aliphatic rings. The van der Waals surface area contributed by atoms with Crippen LogP contribution in [-0.2, 0) is 6.54 Å². The molecule has 4 rings (SSSR count). The normalized spacial score (nSPS) is 15.0. The van der Waals surface area contributed by atoms with Gasteiger partial charge in [0.1, 0.15) is 11.5 Å². The number of nitrogens with two attached hydrogens (primary N) is 1. The van der Waals surface area contributed by atoms with Gasteiger partial charge in [-0.2, -0.15) is 0 Å². The second kappa shape index (κ2) is 6.95. The van der Waals surface area contributed by atoms with Crippen molar-refractivity contribution in [2.45, 2.75) is 6.54 Å². The van der Waals surface area contributed by atoms with Crippen molar-refractivity contribution in [2.75, 3.05) is 37.6 Å². The van der Waals surface area contributed by atoms with Gasteiger partial charge in [0.25, 0.3) is 0 Å². The highest BCUT2D eigenvalue weighted by Crippen LogP contribution is 2.30. The van der Waals surface area contributed by atoms with Gasteiger partial charge in [0, 0.05) is 43.7 Å². The summed E-state index contributed by atoms with van der Waals surface area (Å²) in [6, 6.07) is 8.05. The minimum absolute atomic E-state index is 0.537. The van der Waals surface area contributed by atoms with Crippen molar-refractivity contribution in [1.82, 2.24) is 25.3 Å². The van der Waals surface area contributed by atoms with Gasteiger partial charge < -0.3 is 16.0 Å². The number of halogens is 1. The van der Waals surface area contributed by atoms with E-state index in [4.69, 9.17) is 22.3 Å². The van der Waals surface area contributed by atoms with E-state index >= 15 is 0 Å². The molecule has 0 atom stereocenters. The number of aromatic nitrogens is 4. The van der Waals surface area contributed by atoms with Crippen LogP contribution in [-0.4, -0.2) is 52.7 Å². The fraction of sp³-hybridized carbons (Fsp3) is 0.353. The molecule has 0 unspecified atom stereocenters. The molecule has 130 valence electrons. The van der Waals surface area contributed by atoms with Gasteiger partial charge in [-0.3, -0.25) is 4.68 Å². The number of rotatable bonds is 4. The highest BCUT2D eigenvalue weighted by molar-refractivity contribution is 6.33. The van der Waals surface area contributed by atoms with E-state index in [0.29, 0.717) is 18.1 Å². The lowest BCUT2D eigenvalue weighted by Crippen LogP contribution is -2.44. The fourth-order valence-electron chi connectivity index (χ4n) is 3.07. The van der Waals surface area contributed by atoms with Crippen molar-refractivity contribution < 1.29 is 0 Å². The zero-order chi connectivity index (χ0) is 17.2. The fourth-order valence-corrected chi connectivity index (χ4v) is 3.35. The van der Waals surface area contributed by atoms with Crippen molar-refractivity contribution >= 4 is 28.3 Å². The third kappa shape index (κ3) is 3.30. The lowest BCUT2D eigenvalue weighted by molar-refractivity contribution is 0.585. The Morgan fingerprint density at radius 2 is 2.04 bits per heavy atom. The molecule has 0 amide bonds. The van der Waals surface area contributed by atoms with Crippen molar-refractivity contribution in [3.8, 4) is 11.3 Å². The summed E-state index contributed by atoms with van der Waals surface area (Å²) in [4.78, 5) is 7.00. The summed E-state index contributed by atoms with van der Waals surface area (Å²) in [7, 11) is 0. The molecule has 3 heterocycles. The van der Waals surface area contributed by atoms with Gasteiger partial charge in [0.15, 0.2) is 0 Å². The maximum atomic E-state index is 6.51. The van der Waals surface area contributed by atoms with Crippen LogP contribution in [0.25, 0.3) is 22.2 Å². The second-order valence-corrected chi connectivity index (χ2v) is 6.50. The van der Waals surface area contributed by atoms with Gasteiger partial charge >= 0.3 is 0 Å². The van der Waals surface area contributed by atoms with E-state index in [1.165, 1.54) is 0 Å². The molecule has 1 aromatic carbocycles. The summed E-state index contributed by atoms with van der Waals surface area (Å²) in [6.07, 6.45) is 1.90. The van der Waals surface area contributed by atoms with Gasteiger partial charge in [-0.15, -0.1) is 5.10 Å². The number of pyridine rings is 1. The molecule has 1 fully saturated rings. The quantitative estimate of drug-likeness (QED) is 0.736. The maximum absolute atomic E-state index is 6.51. The molecular formula is C17H20ClN7. The smallest absolute Gasteiger partial charge is 0.148 e. The number of nitrogens with one attached hydrogen (secondary N) is 1. The third-order valence-electron chi connectivity index (χ3n) is 4.36. The number of piperazine rings is 1. The maximum Gasteiger partial charge on any atom is 0.148 e. The summed E-state index contributed by atoms with van der Waals surface area (Å²) in [5, 5.41) is 13.3. The highest BCUT2D eigenvalue weighted by atomic mass is 35.5. The van der Waals surface area contributed by atoms with E-state index in [-0.39, 0.29) is 0 Å². The van der Waals surface area contributed by atoms with Crippen LogP contribution < -0.4 is 16.0 Å². The number of fused-ring (bicyclic) bond motifs is 1. The van der Waals surface area contributed by atoms with Gasteiger partial charge in [0.2, 0.25) is 0 Å². The lowest BCUT2D eigenvalue weighted by atomic mass is 10.1. The van der Waals surface area contributed by atoms with E-state index in [1.807, 2.05) is 30.5 Å². The molecule has 1 saturated heterocycles. The number of nitrogens with zero attached hydrogens (tertiary/aromatic N) is 5. The lowest BCUT2D eigenvalue weighted by Gasteiger charge is -2.29. The van der Waals surface area contributed by atoms with Crippen molar-refractivity contribution in [2.24, 2.45) is 5.73 Å². The third-order valence-corrected chi connectivity index (χ3v) is 4.64. The molecule has 0 bridgehead atoms. The zero-order valence-corrected chi connectivity index (χ0v) is 14.6. The average Bonchev–Trinajstić information content (AvgIpc) is 3.10. The van der Waals surface area contributed by atoms with Gasteiger partial charge in [-0.1, -0.05) is 22.9 Å².